The molecule has 11 heteroatoms. The van der Waals surface area contributed by atoms with Crippen molar-refractivity contribution in [2.45, 2.75) is 12.7 Å². The number of carbonyl (C=O) groups is 1. The molecule has 1 aromatic heterocycles. The van der Waals surface area contributed by atoms with Crippen LogP contribution in [0.3, 0.4) is 0 Å². The van der Waals surface area contributed by atoms with Crippen molar-refractivity contribution in [3.05, 3.63) is 100 Å². The quantitative estimate of drug-likeness (QED) is 0.235. The number of nitrogens with one attached hydrogen (secondary N) is 2. The first-order valence-corrected chi connectivity index (χ1v) is 12.8. The van der Waals surface area contributed by atoms with Crippen LogP contribution in [0.5, 0.6) is 0 Å². The third kappa shape index (κ3) is 8.04. The molecule has 0 saturated carbocycles. The summed E-state index contributed by atoms with van der Waals surface area (Å²) in [5.41, 5.74) is -0.238. The summed E-state index contributed by atoms with van der Waals surface area (Å²) in [7, 11) is -3.78. The molecule has 0 radical (unpaired) electrons. The molecule has 1 amide bonds. The third-order valence-electron chi connectivity index (χ3n) is 4.96. The molecule has 0 spiro atoms. The van der Waals surface area contributed by atoms with Crippen LogP contribution in [0.4, 0.5) is 23.2 Å². The van der Waals surface area contributed by atoms with Gasteiger partial charge in [0.05, 0.1) is 23.2 Å². The van der Waals surface area contributed by atoms with Crippen molar-refractivity contribution in [3.63, 3.8) is 0 Å². The van der Waals surface area contributed by atoms with Crippen molar-refractivity contribution < 1.29 is 30.8 Å². The van der Waals surface area contributed by atoms with Gasteiger partial charge in [-0.05, 0) is 41.5 Å². The number of alkyl halides is 3. The Hall–Kier alpha value is -4.43. The zero-order valence-corrected chi connectivity index (χ0v) is 20.7. The standard InChI is InChI=1S/C27H21F4N3O3S/c1-3-20-15-19(16-22(28)26(20)34-38(2,36)37)17-32-25(35)14-11-21-10-13-24(27(29,30)31)33-23(21)12-9-18-7-5-4-6-8-18/h1,4-16,34H,17H2,2H3,(H,32,35)/b12-9+,14-11+. The van der Waals surface area contributed by atoms with E-state index in [0.717, 1.165) is 30.0 Å². The summed E-state index contributed by atoms with van der Waals surface area (Å²) in [4.78, 5) is 16.0. The molecule has 2 aromatic carbocycles. The molecular weight excluding hydrogens is 522 g/mol. The molecule has 0 unspecified atom stereocenters. The molecule has 196 valence electrons. The van der Waals surface area contributed by atoms with Crippen LogP contribution in [-0.2, 0) is 27.5 Å². The van der Waals surface area contributed by atoms with Gasteiger partial charge in [0.25, 0.3) is 0 Å². The van der Waals surface area contributed by atoms with Gasteiger partial charge in [0.1, 0.15) is 11.5 Å². The summed E-state index contributed by atoms with van der Waals surface area (Å²) in [6, 6.07) is 13.3. The Labute approximate surface area is 217 Å². The monoisotopic (exact) mass is 543 g/mol. The summed E-state index contributed by atoms with van der Waals surface area (Å²) in [6.45, 7) is -0.153. The second-order valence-electron chi connectivity index (χ2n) is 7.98. The van der Waals surface area contributed by atoms with E-state index in [-0.39, 0.29) is 34.6 Å². The lowest BCUT2D eigenvalue weighted by atomic mass is 10.1. The molecule has 0 aliphatic carbocycles. The molecule has 6 nitrogen and oxygen atoms in total. The molecule has 0 saturated heterocycles. The van der Waals surface area contributed by atoms with Crippen LogP contribution in [-0.4, -0.2) is 25.6 Å². The van der Waals surface area contributed by atoms with E-state index >= 15 is 0 Å². The maximum atomic E-state index is 14.4. The predicted octanol–water partition coefficient (Wildman–Crippen LogP) is 5.09. The van der Waals surface area contributed by atoms with Crippen LogP contribution < -0.4 is 10.0 Å². The highest BCUT2D eigenvalue weighted by atomic mass is 32.2. The summed E-state index contributed by atoms with van der Waals surface area (Å²) >= 11 is 0. The van der Waals surface area contributed by atoms with E-state index in [4.69, 9.17) is 6.42 Å². The number of sulfonamides is 1. The van der Waals surface area contributed by atoms with Gasteiger partial charge in [-0.2, -0.15) is 13.2 Å². The Morgan fingerprint density at radius 3 is 2.42 bits per heavy atom. The second kappa shape index (κ2) is 11.7. The van der Waals surface area contributed by atoms with Gasteiger partial charge in [-0.1, -0.05) is 48.4 Å². The number of rotatable bonds is 8. The van der Waals surface area contributed by atoms with Crippen LogP contribution in [0, 0.1) is 18.2 Å². The number of anilines is 1. The number of halogens is 4. The maximum Gasteiger partial charge on any atom is 0.433 e. The fourth-order valence-electron chi connectivity index (χ4n) is 3.24. The van der Waals surface area contributed by atoms with Crippen molar-refractivity contribution in [1.29, 1.82) is 0 Å². The minimum atomic E-state index is -4.64. The summed E-state index contributed by atoms with van der Waals surface area (Å²) < 4.78 is 78.9. The van der Waals surface area contributed by atoms with Gasteiger partial charge < -0.3 is 5.32 Å². The van der Waals surface area contributed by atoms with E-state index in [9.17, 15) is 30.8 Å². The Morgan fingerprint density at radius 1 is 1.08 bits per heavy atom. The average molecular weight is 544 g/mol. The molecule has 0 fully saturated rings. The summed E-state index contributed by atoms with van der Waals surface area (Å²) in [5.74, 6) is 0.650. The number of benzene rings is 2. The van der Waals surface area contributed by atoms with E-state index in [1.807, 2.05) is 4.72 Å². The number of aromatic nitrogens is 1. The van der Waals surface area contributed by atoms with Gasteiger partial charge in [0, 0.05) is 18.2 Å². The first-order valence-electron chi connectivity index (χ1n) is 10.9. The van der Waals surface area contributed by atoms with E-state index < -0.39 is 33.6 Å². The molecule has 0 atom stereocenters. The zero-order chi connectivity index (χ0) is 27.9. The SMILES string of the molecule is C#Cc1cc(CNC(=O)/C=C/c2ccc(C(F)(F)F)nc2/C=C/c2ccccc2)cc(F)c1NS(C)(=O)=O. The molecule has 38 heavy (non-hydrogen) atoms. The molecule has 0 aliphatic heterocycles. The Morgan fingerprint density at radius 2 is 1.79 bits per heavy atom. The molecular formula is C27H21F4N3O3S. The number of hydrogen-bond donors (Lipinski definition) is 2. The minimum Gasteiger partial charge on any atom is -0.348 e. The lowest BCUT2D eigenvalue weighted by Gasteiger charge is -2.11. The number of pyridine rings is 1. The normalized spacial score (nSPS) is 12.0. The van der Waals surface area contributed by atoms with Crippen LogP contribution in [0.1, 0.15) is 33.6 Å². The summed E-state index contributed by atoms with van der Waals surface area (Å²) in [5, 5.41) is 2.51. The third-order valence-corrected chi connectivity index (χ3v) is 5.53. The van der Waals surface area contributed by atoms with Gasteiger partial charge >= 0.3 is 6.18 Å². The largest absolute Gasteiger partial charge is 0.433 e. The fraction of sp³-hybridized carbons (Fsp3) is 0.111. The maximum absolute atomic E-state index is 14.4. The van der Waals surface area contributed by atoms with Gasteiger partial charge in [0.2, 0.25) is 15.9 Å². The first-order chi connectivity index (χ1) is 17.9. The lowest BCUT2D eigenvalue weighted by molar-refractivity contribution is -0.141. The molecule has 0 bridgehead atoms. The highest BCUT2D eigenvalue weighted by Gasteiger charge is 2.32. The lowest BCUT2D eigenvalue weighted by Crippen LogP contribution is -2.21. The fourth-order valence-corrected chi connectivity index (χ4v) is 3.82. The Bertz CT molecular complexity index is 1540. The second-order valence-corrected chi connectivity index (χ2v) is 9.73. The number of terminal acetylenes is 1. The van der Waals surface area contributed by atoms with Crippen LogP contribution in [0.15, 0.2) is 60.7 Å². The topological polar surface area (TPSA) is 88.2 Å². The summed E-state index contributed by atoms with van der Waals surface area (Å²) in [6.07, 6.45) is 6.98. The van der Waals surface area contributed by atoms with Crippen molar-refractivity contribution >= 4 is 39.8 Å². The average Bonchev–Trinajstić information content (AvgIpc) is 2.85. The Balaban J connectivity index is 1.78. The minimum absolute atomic E-state index is 0.00225. The van der Waals surface area contributed by atoms with E-state index in [1.165, 1.54) is 24.3 Å². The van der Waals surface area contributed by atoms with Gasteiger partial charge in [-0.3, -0.25) is 9.52 Å². The van der Waals surface area contributed by atoms with Crippen LogP contribution in [0.2, 0.25) is 0 Å². The molecule has 2 N–H and O–H groups in total. The van der Waals surface area contributed by atoms with Crippen molar-refractivity contribution in [3.8, 4) is 12.3 Å². The van der Waals surface area contributed by atoms with E-state index in [0.29, 0.717) is 0 Å². The Kier molecular flexibility index (Phi) is 8.70. The predicted molar refractivity (Wildman–Crippen MR) is 138 cm³/mol. The van der Waals surface area contributed by atoms with E-state index in [1.54, 1.807) is 36.4 Å². The molecule has 0 aliphatic rings. The number of nitrogens with zero attached hydrogens (tertiary/aromatic N) is 1. The van der Waals surface area contributed by atoms with Crippen molar-refractivity contribution in [1.82, 2.24) is 10.3 Å². The van der Waals surface area contributed by atoms with Crippen molar-refractivity contribution in [2.75, 3.05) is 11.0 Å². The van der Waals surface area contributed by atoms with Gasteiger partial charge in [-0.15, -0.1) is 6.42 Å². The van der Waals surface area contributed by atoms with Crippen molar-refractivity contribution in [2.24, 2.45) is 0 Å². The number of hydrogen-bond acceptors (Lipinski definition) is 4. The molecule has 1 heterocycles. The van der Waals surface area contributed by atoms with Crippen LogP contribution in [0.25, 0.3) is 18.2 Å². The zero-order valence-electron chi connectivity index (χ0n) is 19.9. The number of amides is 1. The van der Waals surface area contributed by atoms with E-state index in [2.05, 4.69) is 16.2 Å². The first kappa shape index (κ1) is 28.1. The van der Waals surface area contributed by atoms with Gasteiger partial charge in [-0.25, -0.2) is 17.8 Å². The number of carbonyl (C=O) groups excluding carboxylic acids is 1. The highest BCUT2D eigenvalue weighted by molar-refractivity contribution is 7.92. The van der Waals surface area contributed by atoms with Gasteiger partial charge in [0.15, 0.2) is 0 Å². The smallest absolute Gasteiger partial charge is 0.348 e. The van der Waals surface area contributed by atoms with Crippen LogP contribution >= 0.6 is 0 Å². The molecule has 3 rings (SSSR count). The molecule has 3 aromatic rings. The highest BCUT2D eigenvalue weighted by Crippen LogP contribution is 2.29.